The van der Waals surface area contributed by atoms with Crippen LogP contribution in [-0.4, -0.2) is 63.4 Å². The van der Waals surface area contributed by atoms with Gasteiger partial charge < -0.3 is 20.1 Å². The van der Waals surface area contributed by atoms with Crippen molar-refractivity contribution in [3.05, 3.63) is 29.3 Å². The second kappa shape index (κ2) is 13.4. The molecule has 0 aliphatic carbocycles. The average molecular weight is 379 g/mol. The minimum Gasteiger partial charge on any atom is -0.491 e. The summed E-state index contributed by atoms with van der Waals surface area (Å²) in [5.41, 5.74) is 2.25. The Morgan fingerprint density at radius 3 is 2.52 bits per heavy atom. The van der Waals surface area contributed by atoms with Gasteiger partial charge in [0, 0.05) is 31.8 Å². The largest absolute Gasteiger partial charge is 0.491 e. The standard InChI is InChI=1S/C21H38N4O2/c1-7-22-21(23-15-18(5)25(8-2)9-3)24-16-19-11-10-17(4)14-20(19)27-13-12-26-6/h10-11,14,18H,7-9,12-13,15-16H2,1-6H3,(H2,22,23,24). The van der Waals surface area contributed by atoms with E-state index < -0.39 is 0 Å². The number of rotatable bonds is 12. The molecule has 6 heteroatoms. The molecule has 0 amide bonds. The van der Waals surface area contributed by atoms with Crippen LogP contribution in [0.2, 0.25) is 0 Å². The molecule has 6 nitrogen and oxygen atoms in total. The molecule has 0 saturated carbocycles. The van der Waals surface area contributed by atoms with Crippen molar-refractivity contribution in [2.75, 3.05) is 46.5 Å². The first kappa shape index (κ1) is 23.2. The number of nitrogens with one attached hydrogen (secondary N) is 2. The van der Waals surface area contributed by atoms with E-state index in [1.54, 1.807) is 7.11 Å². The van der Waals surface area contributed by atoms with Gasteiger partial charge in [0.05, 0.1) is 13.2 Å². The van der Waals surface area contributed by atoms with Crippen molar-refractivity contribution in [3.63, 3.8) is 0 Å². The van der Waals surface area contributed by atoms with Gasteiger partial charge in [-0.15, -0.1) is 0 Å². The molecule has 0 saturated heterocycles. The van der Waals surface area contributed by atoms with Gasteiger partial charge in [-0.3, -0.25) is 4.90 Å². The summed E-state index contributed by atoms with van der Waals surface area (Å²) in [6.45, 7) is 16.3. The first-order chi connectivity index (χ1) is 13.0. The Hall–Kier alpha value is -1.79. The second-order valence-corrected chi connectivity index (χ2v) is 6.60. The van der Waals surface area contributed by atoms with E-state index in [4.69, 9.17) is 14.5 Å². The van der Waals surface area contributed by atoms with Crippen molar-refractivity contribution in [1.82, 2.24) is 15.5 Å². The Morgan fingerprint density at radius 2 is 1.89 bits per heavy atom. The maximum Gasteiger partial charge on any atom is 0.191 e. The molecule has 2 N–H and O–H groups in total. The number of aliphatic imine (C=N–C) groups is 1. The maximum atomic E-state index is 5.87. The average Bonchev–Trinajstić information content (AvgIpc) is 2.66. The third kappa shape index (κ3) is 8.63. The van der Waals surface area contributed by atoms with Crippen LogP contribution in [0.5, 0.6) is 5.75 Å². The van der Waals surface area contributed by atoms with E-state index in [0.717, 1.165) is 43.5 Å². The van der Waals surface area contributed by atoms with Crippen LogP contribution in [0.3, 0.4) is 0 Å². The molecule has 0 bridgehead atoms. The Balaban J connectivity index is 2.76. The summed E-state index contributed by atoms with van der Waals surface area (Å²) in [5, 5.41) is 6.79. The number of methoxy groups -OCH3 is 1. The molecular formula is C21H38N4O2. The second-order valence-electron chi connectivity index (χ2n) is 6.60. The van der Waals surface area contributed by atoms with Crippen LogP contribution in [0.1, 0.15) is 38.8 Å². The lowest BCUT2D eigenvalue weighted by Crippen LogP contribution is -2.46. The van der Waals surface area contributed by atoms with E-state index in [0.29, 0.717) is 25.8 Å². The van der Waals surface area contributed by atoms with Gasteiger partial charge >= 0.3 is 0 Å². The van der Waals surface area contributed by atoms with Crippen LogP contribution >= 0.6 is 0 Å². The lowest BCUT2D eigenvalue weighted by molar-refractivity contribution is 0.145. The highest BCUT2D eigenvalue weighted by Gasteiger charge is 2.11. The number of guanidine groups is 1. The van der Waals surface area contributed by atoms with Crippen LogP contribution < -0.4 is 15.4 Å². The van der Waals surface area contributed by atoms with Crippen molar-refractivity contribution >= 4 is 5.96 Å². The minimum atomic E-state index is 0.455. The molecule has 1 atom stereocenters. The fourth-order valence-electron chi connectivity index (χ4n) is 2.89. The number of hydrogen-bond donors (Lipinski definition) is 2. The van der Waals surface area contributed by atoms with E-state index in [1.807, 2.05) is 0 Å². The summed E-state index contributed by atoms with van der Waals surface area (Å²) in [6.07, 6.45) is 0. The third-order valence-electron chi connectivity index (χ3n) is 4.52. The molecule has 0 fully saturated rings. The zero-order chi connectivity index (χ0) is 20.1. The van der Waals surface area contributed by atoms with Gasteiger partial charge in [-0.1, -0.05) is 26.0 Å². The van der Waals surface area contributed by atoms with Crippen molar-refractivity contribution in [2.24, 2.45) is 4.99 Å². The summed E-state index contributed by atoms with van der Waals surface area (Å²) in [4.78, 5) is 7.18. The van der Waals surface area contributed by atoms with Crippen LogP contribution in [0.25, 0.3) is 0 Å². The SMILES string of the molecule is CCNC(=NCc1ccc(C)cc1OCCOC)NCC(C)N(CC)CC. The summed E-state index contributed by atoms with van der Waals surface area (Å²) < 4.78 is 10.9. The predicted octanol–water partition coefficient (Wildman–Crippen LogP) is 2.81. The first-order valence-electron chi connectivity index (χ1n) is 10.0. The molecule has 0 aromatic heterocycles. The summed E-state index contributed by atoms with van der Waals surface area (Å²) >= 11 is 0. The molecule has 0 heterocycles. The lowest BCUT2D eigenvalue weighted by Gasteiger charge is -2.27. The van der Waals surface area contributed by atoms with Gasteiger partial charge in [0.2, 0.25) is 0 Å². The fourth-order valence-corrected chi connectivity index (χ4v) is 2.89. The van der Waals surface area contributed by atoms with E-state index >= 15 is 0 Å². The zero-order valence-corrected chi connectivity index (χ0v) is 18.0. The molecule has 0 aliphatic rings. The maximum absolute atomic E-state index is 5.87. The van der Waals surface area contributed by atoms with Crippen molar-refractivity contribution < 1.29 is 9.47 Å². The highest BCUT2D eigenvalue weighted by atomic mass is 16.5. The van der Waals surface area contributed by atoms with Gasteiger partial charge in [0.25, 0.3) is 0 Å². The van der Waals surface area contributed by atoms with Gasteiger partial charge in [0.1, 0.15) is 12.4 Å². The van der Waals surface area contributed by atoms with Gasteiger partial charge in [-0.25, -0.2) is 4.99 Å². The van der Waals surface area contributed by atoms with Crippen molar-refractivity contribution in [3.8, 4) is 5.75 Å². The number of benzene rings is 1. The smallest absolute Gasteiger partial charge is 0.191 e. The molecule has 0 aliphatic heterocycles. The molecule has 154 valence electrons. The zero-order valence-electron chi connectivity index (χ0n) is 18.0. The predicted molar refractivity (Wildman–Crippen MR) is 114 cm³/mol. The highest BCUT2D eigenvalue weighted by molar-refractivity contribution is 5.79. The van der Waals surface area contributed by atoms with Gasteiger partial charge in [0.15, 0.2) is 5.96 Å². The molecular weight excluding hydrogens is 340 g/mol. The molecule has 1 aromatic rings. The van der Waals surface area contributed by atoms with Gasteiger partial charge in [-0.2, -0.15) is 0 Å². The molecule has 27 heavy (non-hydrogen) atoms. The summed E-state index contributed by atoms with van der Waals surface area (Å²) in [5.74, 6) is 1.71. The van der Waals surface area contributed by atoms with E-state index in [-0.39, 0.29) is 0 Å². The number of nitrogens with zero attached hydrogens (tertiary/aromatic N) is 2. The number of likely N-dealkylation sites (N-methyl/N-ethyl adjacent to an activating group) is 1. The molecule has 1 rings (SSSR count). The molecule has 0 radical (unpaired) electrons. The van der Waals surface area contributed by atoms with Crippen molar-refractivity contribution in [1.29, 1.82) is 0 Å². The number of ether oxygens (including phenoxy) is 2. The highest BCUT2D eigenvalue weighted by Crippen LogP contribution is 2.21. The topological polar surface area (TPSA) is 58.1 Å². The minimum absolute atomic E-state index is 0.455. The molecule has 0 spiro atoms. The van der Waals surface area contributed by atoms with Crippen LogP contribution in [0.15, 0.2) is 23.2 Å². The Kier molecular flexibility index (Phi) is 11.5. The van der Waals surface area contributed by atoms with Gasteiger partial charge in [-0.05, 0) is 45.5 Å². The Morgan fingerprint density at radius 1 is 1.15 bits per heavy atom. The first-order valence-corrected chi connectivity index (χ1v) is 10.0. The van der Waals surface area contributed by atoms with E-state index in [1.165, 1.54) is 5.56 Å². The summed E-state index contributed by atoms with van der Waals surface area (Å²) in [6, 6.07) is 6.69. The number of hydrogen-bond acceptors (Lipinski definition) is 4. The monoisotopic (exact) mass is 378 g/mol. The Bertz CT molecular complexity index is 559. The van der Waals surface area contributed by atoms with Crippen molar-refractivity contribution in [2.45, 2.75) is 47.2 Å². The van der Waals surface area contributed by atoms with E-state index in [2.05, 4.69) is 68.4 Å². The van der Waals surface area contributed by atoms with E-state index in [9.17, 15) is 0 Å². The molecule has 1 unspecified atom stereocenters. The summed E-state index contributed by atoms with van der Waals surface area (Å²) in [7, 11) is 1.68. The lowest BCUT2D eigenvalue weighted by atomic mass is 10.1. The normalized spacial score (nSPS) is 12.9. The Labute approximate surface area is 165 Å². The van der Waals surface area contributed by atoms with Crippen LogP contribution in [0, 0.1) is 6.92 Å². The molecule has 1 aromatic carbocycles. The quantitative estimate of drug-likeness (QED) is 0.333. The van der Waals surface area contributed by atoms with Crippen LogP contribution in [-0.2, 0) is 11.3 Å². The van der Waals surface area contributed by atoms with Crippen LogP contribution in [0.4, 0.5) is 0 Å². The number of aryl methyl sites for hydroxylation is 1. The third-order valence-corrected chi connectivity index (χ3v) is 4.52. The fraction of sp³-hybridized carbons (Fsp3) is 0.667.